The van der Waals surface area contributed by atoms with Crippen LogP contribution in [-0.4, -0.2) is 20.3 Å². The number of hydrogen-bond acceptors (Lipinski definition) is 4. The summed E-state index contributed by atoms with van der Waals surface area (Å²) in [6.45, 7) is 7.28. The van der Waals surface area contributed by atoms with Gasteiger partial charge in [0, 0.05) is 6.07 Å². The zero-order chi connectivity index (χ0) is 17.6. The lowest BCUT2D eigenvalue weighted by molar-refractivity contribution is 0.216. The van der Waals surface area contributed by atoms with Gasteiger partial charge in [0.25, 0.3) is 0 Å². The highest BCUT2D eigenvalue weighted by Gasteiger charge is 2.13. The summed E-state index contributed by atoms with van der Waals surface area (Å²) in [7, 11) is 1.58. The van der Waals surface area contributed by atoms with Gasteiger partial charge in [-0.3, -0.25) is 0 Å². The van der Waals surface area contributed by atoms with Crippen LogP contribution in [0.4, 0.5) is 0 Å². The van der Waals surface area contributed by atoms with Crippen LogP contribution in [0.1, 0.15) is 31.9 Å². The van der Waals surface area contributed by atoms with E-state index in [0.29, 0.717) is 30.3 Å². The lowest BCUT2D eigenvalue weighted by Gasteiger charge is -2.19. The van der Waals surface area contributed by atoms with Crippen LogP contribution < -0.4 is 14.2 Å². The maximum absolute atomic E-state index is 9.11. The van der Waals surface area contributed by atoms with Crippen LogP contribution in [0.2, 0.25) is 0 Å². The van der Waals surface area contributed by atoms with Crippen LogP contribution in [0, 0.1) is 11.3 Å². The Morgan fingerprint density at radius 3 is 2.12 bits per heavy atom. The number of ether oxygens (including phenoxy) is 3. The third kappa shape index (κ3) is 4.66. The largest absolute Gasteiger partial charge is 0.497 e. The van der Waals surface area contributed by atoms with Crippen molar-refractivity contribution < 1.29 is 14.2 Å². The summed E-state index contributed by atoms with van der Waals surface area (Å²) in [6, 6.07) is 15.3. The van der Waals surface area contributed by atoms with Gasteiger partial charge >= 0.3 is 0 Å². The van der Waals surface area contributed by atoms with Crippen molar-refractivity contribution >= 4 is 0 Å². The maximum Gasteiger partial charge on any atom is 0.140 e. The Bertz CT molecular complexity index is 709. The molecule has 4 nitrogen and oxygen atoms in total. The Morgan fingerprint density at radius 2 is 1.54 bits per heavy atom. The minimum atomic E-state index is 0.127. The summed E-state index contributed by atoms with van der Waals surface area (Å²) >= 11 is 0. The molecule has 2 rings (SSSR count). The fourth-order valence-electron chi connectivity index (χ4n) is 2.20. The lowest BCUT2D eigenvalue weighted by Crippen LogP contribution is -2.12. The Labute approximate surface area is 143 Å². The van der Waals surface area contributed by atoms with Gasteiger partial charge in [0.2, 0.25) is 0 Å². The Hall–Kier alpha value is -2.67. The van der Waals surface area contributed by atoms with E-state index in [2.05, 4.69) is 39.0 Å². The van der Waals surface area contributed by atoms with E-state index in [1.807, 2.05) is 12.1 Å². The van der Waals surface area contributed by atoms with Crippen LogP contribution in [-0.2, 0) is 5.41 Å². The van der Waals surface area contributed by atoms with Gasteiger partial charge in [0.15, 0.2) is 0 Å². The molecule has 126 valence electrons. The Kier molecular flexibility index (Phi) is 5.70. The fraction of sp³-hybridized carbons (Fsp3) is 0.350. The number of hydrogen-bond donors (Lipinski definition) is 0. The van der Waals surface area contributed by atoms with Crippen molar-refractivity contribution in [3.05, 3.63) is 53.6 Å². The lowest BCUT2D eigenvalue weighted by atomic mass is 9.87. The topological polar surface area (TPSA) is 51.5 Å². The molecule has 0 amide bonds. The van der Waals surface area contributed by atoms with Gasteiger partial charge in [-0.2, -0.15) is 5.26 Å². The summed E-state index contributed by atoms with van der Waals surface area (Å²) < 4.78 is 16.5. The number of methoxy groups -OCH3 is 1. The average Bonchev–Trinajstić information content (AvgIpc) is 2.58. The van der Waals surface area contributed by atoms with Crippen LogP contribution in [0.15, 0.2) is 42.5 Å². The molecule has 0 spiro atoms. The monoisotopic (exact) mass is 325 g/mol. The van der Waals surface area contributed by atoms with Gasteiger partial charge in [-0.1, -0.05) is 32.9 Å². The summed E-state index contributed by atoms with van der Waals surface area (Å²) in [5.41, 5.74) is 1.87. The fourth-order valence-corrected chi connectivity index (χ4v) is 2.20. The third-order valence-electron chi connectivity index (χ3n) is 3.64. The minimum absolute atomic E-state index is 0.127. The van der Waals surface area contributed by atoms with E-state index in [1.165, 1.54) is 5.56 Å². The highest BCUT2D eigenvalue weighted by atomic mass is 16.5. The molecule has 0 atom stereocenters. The molecular formula is C20H23NO3. The number of benzene rings is 2. The van der Waals surface area contributed by atoms with Crippen LogP contribution >= 0.6 is 0 Å². The SMILES string of the molecule is COc1ccc(C#N)c(OCCOc2ccc(C(C)(C)C)cc2)c1. The molecule has 4 heteroatoms. The van der Waals surface area contributed by atoms with Gasteiger partial charge < -0.3 is 14.2 Å². The number of nitrogens with zero attached hydrogens (tertiary/aromatic N) is 1. The Morgan fingerprint density at radius 1 is 0.917 bits per heavy atom. The molecule has 0 radical (unpaired) electrons. The Balaban J connectivity index is 1.88. The molecule has 24 heavy (non-hydrogen) atoms. The summed E-state index contributed by atoms with van der Waals surface area (Å²) in [4.78, 5) is 0. The molecule has 0 fully saturated rings. The van der Waals surface area contributed by atoms with Crippen molar-refractivity contribution in [2.24, 2.45) is 0 Å². The van der Waals surface area contributed by atoms with Gasteiger partial charge in [-0.15, -0.1) is 0 Å². The molecule has 0 unspecified atom stereocenters. The summed E-state index contributed by atoms with van der Waals surface area (Å²) in [5.74, 6) is 1.96. The van der Waals surface area contributed by atoms with Crippen LogP contribution in [0.25, 0.3) is 0 Å². The molecule has 0 N–H and O–H groups in total. The molecule has 0 bridgehead atoms. The quantitative estimate of drug-likeness (QED) is 0.742. The van der Waals surface area contributed by atoms with E-state index in [9.17, 15) is 0 Å². The minimum Gasteiger partial charge on any atom is -0.497 e. The average molecular weight is 325 g/mol. The van der Waals surface area contributed by atoms with E-state index in [-0.39, 0.29) is 5.41 Å². The molecule has 2 aromatic rings. The van der Waals surface area contributed by atoms with E-state index in [0.717, 1.165) is 5.75 Å². The zero-order valence-corrected chi connectivity index (χ0v) is 14.6. The number of rotatable bonds is 6. The second-order valence-electron chi connectivity index (χ2n) is 6.45. The highest BCUT2D eigenvalue weighted by molar-refractivity contribution is 5.47. The summed E-state index contributed by atoms with van der Waals surface area (Å²) in [5, 5.41) is 9.11. The predicted octanol–water partition coefficient (Wildman–Crippen LogP) is 4.32. The van der Waals surface area contributed by atoms with Crippen molar-refractivity contribution in [2.75, 3.05) is 20.3 Å². The first-order valence-electron chi connectivity index (χ1n) is 7.88. The molecule has 0 heterocycles. The van der Waals surface area contributed by atoms with Crippen LogP contribution in [0.5, 0.6) is 17.2 Å². The van der Waals surface area contributed by atoms with Crippen molar-refractivity contribution in [1.29, 1.82) is 5.26 Å². The van der Waals surface area contributed by atoms with Gasteiger partial charge in [0.05, 0.1) is 12.7 Å². The first-order chi connectivity index (χ1) is 11.4. The molecule has 2 aromatic carbocycles. The smallest absolute Gasteiger partial charge is 0.140 e. The molecule has 0 aliphatic carbocycles. The molecular weight excluding hydrogens is 302 g/mol. The van der Waals surface area contributed by atoms with Gasteiger partial charge in [-0.25, -0.2) is 0 Å². The standard InChI is InChI=1S/C20H23NO3/c1-20(2,3)16-6-9-17(10-7-16)23-11-12-24-19-13-18(22-4)8-5-15(19)14-21/h5-10,13H,11-12H2,1-4H3. The van der Waals surface area contributed by atoms with E-state index < -0.39 is 0 Å². The molecule has 0 saturated carbocycles. The molecule has 0 aliphatic heterocycles. The van der Waals surface area contributed by atoms with E-state index >= 15 is 0 Å². The van der Waals surface area contributed by atoms with Crippen molar-refractivity contribution in [2.45, 2.75) is 26.2 Å². The third-order valence-corrected chi connectivity index (χ3v) is 3.64. The maximum atomic E-state index is 9.11. The first-order valence-corrected chi connectivity index (χ1v) is 7.88. The second-order valence-corrected chi connectivity index (χ2v) is 6.45. The second kappa shape index (κ2) is 7.74. The van der Waals surface area contributed by atoms with E-state index in [4.69, 9.17) is 19.5 Å². The van der Waals surface area contributed by atoms with Gasteiger partial charge in [-0.05, 0) is 35.2 Å². The van der Waals surface area contributed by atoms with Crippen molar-refractivity contribution in [1.82, 2.24) is 0 Å². The molecule has 0 saturated heterocycles. The highest BCUT2D eigenvalue weighted by Crippen LogP contribution is 2.25. The normalized spacial score (nSPS) is 10.8. The number of nitriles is 1. The van der Waals surface area contributed by atoms with Crippen molar-refractivity contribution in [3.8, 4) is 23.3 Å². The summed E-state index contributed by atoms with van der Waals surface area (Å²) in [6.07, 6.45) is 0. The molecule has 0 aliphatic rings. The van der Waals surface area contributed by atoms with Crippen molar-refractivity contribution in [3.63, 3.8) is 0 Å². The van der Waals surface area contributed by atoms with E-state index in [1.54, 1.807) is 25.3 Å². The van der Waals surface area contributed by atoms with Gasteiger partial charge in [0.1, 0.15) is 36.5 Å². The predicted molar refractivity (Wildman–Crippen MR) is 93.8 cm³/mol. The zero-order valence-electron chi connectivity index (χ0n) is 14.6. The van der Waals surface area contributed by atoms with Crippen LogP contribution in [0.3, 0.4) is 0 Å². The first kappa shape index (κ1) is 17.7. The molecule has 0 aromatic heterocycles.